The fraction of sp³-hybridized carbons (Fsp3) is 0.944. The Labute approximate surface area is 157 Å². The van der Waals surface area contributed by atoms with Gasteiger partial charge < -0.3 is 15.3 Å². The van der Waals surface area contributed by atoms with Crippen molar-refractivity contribution in [2.24, 2.45) is 0 Å². The molecule has 0 aromatic rings. The van der Waals surface area contributed by atoms with Crippen molar-refractivity contribution in [3.8, 4) is 0 Å². The Balaban J connectivity index is 4.23. The highest BCUT2D eigenvalue weighted by Gasteiger charge is 2.34. The second-order valence-corrected chi connectivity index (χ2v) is 8.65. The van der Waals surface area contributed by atoms with Crippen molar-refractivity contribution in [2.45, 2.75) is 108 Å². The lowest BCUT2D eigenvalue weighted by molar-refractivity contribution is -0.137. The average Bonchev–Trinajstić information content (AvgIpc) is 2.55. The minimum Gasteiger partial charge on any atom is -0.481 e. The number of carbonyl (C=O) groups is 1. The Kier molecular flexibility index (Phi) is 14.0. The summed E-state index contributed by atoms with van der Waals surface area (Å²) in [5, 5.41) is 27.4. The van der Waals surface area contributed by atoms with Gasteiger partial charge >= 0.3 is 5.97 Å². The zero-order chi connectivity index (χ0) is 20.0. The molecule has 7 nitrogen and oxygen atoms in total. The quantitative estimate of drug-likeness (QED) is 0.219. The number of aliphatic hydroxyl groups is 2. The van der Waals surface area contributed by atoms with Crippen molar-refractivity contribution < 1.29 is 33.1 Å². The van der Waals surface area contributed by atoms with Crippen molar-refractivity contribution in [3.05, 3.63) is 0 Å². The van der Waals surface area contributed by atoms with Gasteiger partial charge in [0.05, 0.1) is 12.2 Å². The van der Waals surface area contributed by atoms with E-state index in [1.807, 2.05) is 0 Å². The van der Waals surface area contributed by atoms with Crippen LogP contribution in [0.4, 0.5) is 0 Å². The van der Waals surface area contributed by atoms with Crippen LogP contribution < -0.4 is 0 Å². The van der Waals surface area contributed by atoms with Gasteiger partial charge in [0.2, 0.25) is 0 Å². The van der Waals surface area contributed by atoms with Crippen LogP contribution in [0.3, 0.4) is 0 Å². The van der Waals surface area contributed by atoms with Crippen molar-refractivity contribution >= 4 is 16.1 Å². The number of hydrogen-bond acceptors (Lipinski definition) is 5. The number of carboxylic acid groups (broad SMARTS) is 1. The molecule has 0 radical (unpaired) electrons. The molecule has 0 bridgehead atoms. The Bertz CT molecular complexity index is 464. The van der Waals surface area contributed by atoms with Gasteiger partial charge in [-0.25, -0.2) is 0 Å². The molecule has 0 aromatic heterocycles. The molecule has 0 heterocycles. The van der Waals surface area contributed by atoms with Crippen molar-refractivity contribution in [1.29, 1.82) is 0 Å². The summed E-state index contributed by atoms with van der Waals surface area (Å²) in [4.78, 5) is 10.4. The first-order chi connectivity index (χ1) is 12.2. The van der Waals surface area contributed by atoms with Crippen molar-refractivity contribution in [1.82, 2.24) is 0 Å². The first-order valence-electron chi connectivity index (χ1n) is 9.74. The van der Waals surface area contributed by atoms with Crippen LogP contribution in [0.1, 0.15) is 90.4 Å². The second-order valence-electron chi connectivity index (χ2n) is 7.01. The van der Waals surface area contributed by atoms with Gasteiger partial charge in [-0.15, -0.1) is 0 Å². The molecule has 0 amide bonds. The van der Waals surface area contributed by atoms with E-state index in [-0.39, 0.29) is 12.8 Å². The summed E-state index contributed by atoms with van der Waals surface area (Å²) in [6, 6.07) is 0. The highest BCUT2D eigenvalue weighted by atomic mass is 32.2. The monoisotopic (exact) mass is 396 g/mol. The van der Waals surface area contributed by atoms with E-state index in [2.05, 4.69) is 6.92 Å². The Morgan fingerprint density at radius 3 is 1.88 bits per heavy atom. The molecule has 0 saturated carbocycles. The van der Waals surface area contributed by atoms with Crippen LogP contribution in [0.2, 0.25) is 0 Å². The van der Waals surface area contributed by atoms with Gasteiger partial charge in [-0.2, -0.15) is 8.42 Å². The predicted octanol–water partition coefficient (Wildman–Crippen LogP) is 3.14. The molecular formula is C18H36O7S. The molecule has 0 aliphatic rings. The van der Waals surface area contributed by atoms with Crippen LogP contribution in [-0.4, -0.2) is 51.7 Å². The summed E-state index contributed by atoms with van der Waals surface area (Å²) in [5.41, 5.74) is 0. The fourth-order valence-electron chi connectivity index (χ4n) is 3.02. The zero-order valence-corrected chi connectivity index (χ0v) is 16.7. The molecule has 0 aliphatic carbocycles. The van der Waals surface area contributed by atoms with Crippen LogP contribution in [0.25, 0.3) is 0 Å². The third kappa shape index (κ3) is 12.6. The molecule has 8 heteroatoms. The van der Waals surface area contributed by atoms with Crippen LogP contribution >= 0.6 is 0 Å². The van der Waals surface area contributed by atoms with Gasteiger partial charge in [0.15, 0.2) is 0 Å². The Hall–Kier alpha value is -0.700. The molecule has 3 atom stereocenters. The van der Waals surface area contributed by atoms with Crippen LogP contribution in [-0.2, 0) is 14.9 Å². The number of aliphatic carboxylic acids is 1. The smallest absolute Gasteiger partial charge is 0.303 e. The highest BCUT2D eigenvalue weighted by molar-refractivity contribution is 7.86. The van der Waals surface area contributed by atoms with Gasteiger partial charge in [0.1, 0.15) is 5.25 Å². The van der Waals surface area contributed by atoms with Crippen molar-refractivity contribution in [3.63, 3.8) is 0 Å². The minimum absolute atomic E-state index is 0.0752. The molecule has 26 heavy (non-hydrogen) atoms. The van der Waals surface area contributed by atoms with E-state index in [0.29, 0.717) is 32.1 Å². The number of unbranched alkanes of at least 4 members (excludes halogenated alkanes) is 8. The molecule has 0 saturated heterocycles. The summed E-state index contributed by atoms with van der Waals surface area (Å²) >= 11 is 0. The molecule has 0 rings (SSSR count). The van der Waals surface area contributed by atoms with Gasteiger partial charge in [0.25, 0.3) is 10.1 Å². The molecular weight excluding hydrogens is 360 g/mol. The number of hydrogen-bond donors (Lipinski definition) is 4. The first-order valence-corrected chi connectivity index (χ1v) is 11.2. The van der Waals surface area contributed by atoms with E-state index in [4.69, 9.17) is 5.11 Å². The lowest BCUT2D eigenvalue weighted by atomic mass is 9.99. The summed E-state index contributed by atoms with van der Waals surface area (Å²) in [6.45, 7) is 2.10. The summed E-state index contributed by atoms with van der Waals surface area (Å²) in [6.07, 6.45) is 5.99. The first kappa shape index (κ1) is 25.3. The van der Waals surface area contributed by atoms with E-state index in [1.165, 1.54) is 0 Å². The van der Waals surface area contributed by atoms with Gasteiger partial charge in [-0.3, -0.25) is 9.35 Å². The SMILES string of the molecule is CCCCCCCC(O)C(O)C(CCCCCCCC(=O)O)S(=O)(=O)O. The van der Waals surface area contributed by atoms with Crippen LogP contribution in [0, 0.1) is 0 Å². The molecule has 0 fully saturated rings. The zero-order valence-electron chi connectivity index (χ0n) is 15.8. The number of aliphatic hydroxyl groups excluding tert-OH is 2. The van der Waals surface area contributed by atoms with E-state index in [9.17, 15) is 28.0 Å². The molecule has 156 valence electrons. The third-order valence-electron chi connectivity index (χ3n) is 4.64. The number of carboxylic acids is 1. The van der Waals surface area contributed by atoms with Crippen LogP contribution in [0.5, 0.6) is 0 Å². The van der Waals surface area contributed by atoms with E-state index in [1.54, 1.807) is 0 Å². The maximum Gasteiger partial charge on any atom is 0.303 e. The molecule has 0 spiro atoms. The van der Waals surface area contributed by atoms with Crippen molar-refractivity contribution in [2.75, 3.05) is 0 Å². The minimum atomic E-state index is -4.44. The van der Waals surface area contributed by atoms with Crippen LogP contribution in [0.15, 0.2) is 0 Å². The fourth-order valence-corrected chi connectivity index (χ4v) is 4.02. The van der Waals surface area contributed by atoms with Gasteiger partial charge in [-0.05, 0) is 19.3 Å². The summed E-state index contributed by atoms with van der Waals surface area (Å²) in [7, 11) is -4.44. The largest absolute Gasteiger partial charge is 0.481 e. The van der Waals surface area contributed by atoms with E-state index in [0.717, 1.165) is 38.5 Å². The molecule has 0 aliphatic heterocycles. The lowest BCUT2D eigenvalue weighted by Gasteiger charge is -2.24. The third-order valence-corrected chi connectivity index (χ3v) is 5.92. The highest BCUT2D eigenvalue weighted by Crippen LogP contribution is 2.20. The summed E-state index contributed by atoms with van der Waals surface area (Å²) < 4.78 is 32.5. The van der Waals surface area contributed by atoms with E-state index >= 15 is 0 Å². The summed E-state index contributed by atoms with van der Waals surface area (Å²) in [5.74, 6) is -0.830. The van der Waals surface area contributed by atoms with E-state index < -0.39 is 33.5 Å². The maximum absolute atomic E-state index is 11.6. The number of rotatable bonds is 17. The Morgan fingerprint density at radius 1 is 0.846 bits per heavy atom. The normalized spacial score (nSPS) is 15.5. The molecule has 0 aromatic carbocycles. The van der Waals surface area contributed by atoms with Gasteiger partial charge in [-0.1, -0.05) is 64.7 Å². The standard InChI is InChI=1S/C18H36O7S/c1-2-3-4-6-9-12-15(19)18(22)16(26(23,24)25)13-10-7-5-8-11-14-17(20)21/h15-16,18-19,22H,2-14H2,1H3,(H,20,21)(H,23,24,25). The average molecular weight is 397 g/mol. The lowest BCUT2D eigenvalue weighted by Crippen LogP contribution is -2.42. The predicted molar refractivity (Wildman–Crippen MR) is 101 cm³/mol. The maximum atomic E-state index is 11.6. The van der Waals surface area contributed by atoms with Gasteiger partial charge in [0, 0.05) is 6.42 Å². The topological polar surface area (TPSA) is 132 Å². The molecule has 3 unspecified atom stereocenters. The second kappa shape index (κ2) is 14.4. The Morgan fingerprint density at radius 2 is 1.35 bits per heavy atom. The molecule has 4 N–H and O–H groups in total.